The van der Waals surface area contributed by atoms with E-state index in [1.54, 1.807) is 11.6 Å². The Bertz CT molecular complexity index is 1340. The van der Waals surface area contributed by atoms with E-state index in [1.165, 1.54) is 6.20 Å². The van der Waals surface area contributed by atoms with Crippen molar-refractivity contribution >= 4 is 5.71 Å². The highest BCUT2D eigenvalue weighted by Crippen LogP contribution is 2.37. The van der Waals surface area contributed by atoms with Crippen LogP contribution in [0.5, 0.6) is 0 Å². The minimum absolute atomic E-state index is 0.254. The Labute approximate surface area is 240 Å². The average molecular weight is 569 g/mol. The number of aromatic nitrogens is 2. The van der Waals surface area contributed by atoms with Gasteiger partial charge in [0.2, 0.25) is 6.86 Å². The van der Waals surface area contributed by atoms with Crippen LogP contribution < -0.4 is 5.32 Å². The lowest BCUT2D eigenvalue weighted by atomic mass is 9.99. The molecular formula is C32H39F3N4O2. The number of benzene rings is 1. The molecular weight excluding hydrogens is 529 g/mol. The smallest absolute Gasteiger partial charge is 0.288 e. The molecule has 1 aromatic carbocycles. The summed E-state index contributed by atoms with van der Waals surface area (Å²) in [4.78, 5) is 8.95. The first kappa shape index (κ1) is 30.2. The first-order chi connectivity index (χ1) is 19.7. The van der Waals surface area contributed by atoms with Crippen molar-refractivity contribution in [2.75, 3.05) is 13.4 Å². The lowest BCUT2D eigenvalue weighted by molar-refractivity contribution is 0.0131. The van der Waals surface area contributed by atoms with Crippen LogP contribution in [-0.4, -0.2) is 28.7 Å². The van der Waals surface area contributed by atoms with Gasteiger partial charge < -0.3 is 19.4 Å². The fourth-order valence-electron chi connectivity index (χ4n) is 4.65. The van der Waals surface area contributed by atoms with Crippen LogP contribution in [0.1, 0.15) is 64.1 Å². The molecule has 41 heavy (non-hydrogen) atoms. The molecule has 4 rings (SSSR count). The second-order valence-corrected chi connectivity index (χ2v) is 10.4. The highest BCUT2D eigenvalue weighted by atomic mass is 19.3. The molecule has 2 heterocycles. The maximum atomic E-state index is 13.7. The molecule has 0 saturated heterocycles. The monoisotopic (exact) mass is 568 g/mol. The van der Waals surface area contributed by atoms with Crippen molar-refractivity contribution in [2.45, 2.75) is 65.4 Å². The summed E-state index contributed by atoms with van der Waals surface area (Å²) in [5.74, 6) is -0.872. The van der Waals surface area contributed by atoms with E-state index in [0.717, 1.165) is 73.7 Å². The largest absolute Gasteiger partial charge is 0.489 e. The molecule has 1 aromatic heterocycles. The van der Waals surface area contributed by atoms with Crippen LogP contribution in [0, 0.1) is 5.92 Å². The highest BCUT2D eigenvalue weighted by Gasteiger charge is 2.33. The molecule has 2 aromatic rings. The zero-order chi connectivity index (χ0) is 29.4. The number of aryl methyl sites for hydroxylation is 1. The van der Waals surface area contributed by atoms with Crippen molar-refractivity contribution in [2.24, 2.45) is 18.0 Å². The Morgan fingerprint density at radius 2 is 1.98 bits per heavy atom. The summed E-state index contributed by atoms with van der Waals surface area (Å²) < 4.78 is 53.7. The number of aliphatic imine (C=N–C) groups is 1. The Hall–Kier alpha value is -3.75. The molecule has 0 bridgehead atoms. The Morgan fingerprint density at radius 1 is 1.22 bits per heavy atom. The van der Waals surface area contributed by atoms with Gasteiger partial charge in [0.15, 0.2) is 0 Å². The van der Waals surface area contributed by atoms with E-state index in [-0.39, 0.29) is 5.69 Å². The molecule has 1 N–H and O–H groups in total. The highest BCUT2D eigenvalue weighted by molar-refractivity contribution is 6.06. The van der Waals surface area contributed by atoms with Crippen LogP contribution in [-0.2, 0) is 29.1 Å². The molecule has 0 radical (unpaired) electrons. The maximum Gasteiger partial charge on any atom is 0.288 e. The van der Waals surface area contributed by atoms with Crippen LogP contribution in [0.4, 0.5) is 13.2 Å². The van der Waals surface area contributed by atoms with Gasteiger partial charge in [-0.1, -0.05) is 31.2 Å². The number of imidazole rings is 1. The van der Waals surface area contributed by atoms with Crippen LogP contribution in [0.2, 0.25) is 0 Å². The molecule has 0 amide bonds. The fraction of sp³-hybridized carbons (Fsp3) is 0.438. The zero-order valence-corrected chi connectivity index (χ0v) is 24.2. The van der Waals surface area contributed by atoms with Crippen molar-refractivity contribution < 1.29 is 22.6 Å². The first-order valence-electron chi connectivity index (χ1n) is 14.1. The quantitative estimate of drug-likeness (QED) is 0.209. The molecule has 1 fully saturated rings. The summed E-state index contributed by atoms with van der Waals surface area (Å²) in [6.45, 7) is 5.04. The van der Waals surface area contributed by atoms with Crippen LogP contribution >= 0.6 is 0 Å². The van der Waals surface area contributed by atoms with Crippen LogP contribution in [0.15, 0.2) is 82.7 Å². The number of hydrogen-bond donors (Lipinski definition) is 1. The first-order valence-corrected chi connectivity index (χ1v) is 14.1. The van der Waals surface area contributed by atoms with Crippen molar-refractivity contribution in [3.63, 3.8) is 0 Å². The number of nitrogens with zero attached hydrogens (tertiary/aromatic N) is 3. The number of rotatable bonds is 12. The number of alkyl halides is 3. The summed E-state index contributed by atoms with van der Waals surface area (Å²) in [6.07, 6.45) is 13.6. The van der Waals surface area contributed by atoms with E-state index >= 15 is 0 Å². The molecule has 220 valence electrons. The van der Waals surface area contributed by atoms with Crippen molar-refractivity contribution in [1.29, 1.82) is 0 Å². The summed E-state index contributed by atoms with van der Waals surface area (Å²) in [7, 11) is 1.70. The van der Waals surface area contributed by atoms with Crippen molar-refractivity contribution in [1.82, 2.24) is 14.9 Å². The second kappa shape index (κ2) is 13.7. The third kappa shape index (κ3) is 8.15. The van der Waals surface area contributed by atoms with Gasteiger partial charge in [0.25, 0.3) is 5.92 Å². The third-order valence-corrected chi connectivity index (χ3v) is 6.92. The Balaban J connectivity index is 1.43. The number of halogens is 3. The van der Waals surface area contributed by atoms with Gasteiger partial charge in [-0.3, -0.25) is 4.99 Å². The average Bonchev–Trinajstić information content (AvgIpc) is 3.68. The third-order valence-electron chi connectivity index (χ3n) is 6.92. The summed E-state index contributed by atoms with van der Waals surface area (Å²) in [5, 5.41) is 3.32. The molecule has 1 saturated carbocycles. The van der Waals surface area contributed by atoms with Gasteiger partial charge in [-0.05, 0) is 62.8 Å². The fourth-order valence-corrected chi connectivity index (χ4v) is 4.65. The Morgan fingerprint density at radius 3 is 2.61 bits per heavy atom. The number of nitrogens with one attached hydrogen (secondary N) is 1. The predicted octanol–water partition coefficient (Wildman–Crippen LogP) is 7.86. The summed E-state index contributed by atoms with van der Waals surface area (Å²) in [5.41, 5.74) is 4.12. The molecule has 1 aliphatic carbocycles. The summed E-state index contributed by atoms with van der Waals surface area (Å²) >= 11 is 0. The minimum atomic E-state index is -2.99. The topological polar surface area (TPSA) is 60.7 Å². The molecule has 0 spiro atoms. The molecule has 0 atom stereocenters. The van der Waals surface area contributed by atoms with E-state index < -0.39 is 12.8 Å². The van der Waals surface area contributed by atoms with Crippen molar-refractivity contribution in [3.05, 3.63) is 88.9 Å². The normalized spacial score (nSPS) is 19.2. The van der Waals surface area contributed by atoms with E-state index in [0.29, 0.717) is 29.9 Å². The van der Waals surface area contributed by atoms with Crippen LogP contribution in [0.25, 0.3) is 11.4 Å². The van der Waals surface area contributed by atoms with Crippen molar-refractivity contribution in [3.8, 4) is 11.4 Å². The predicted molar refractivity (Wildman–Crippen MR) is 156 cm³/mol. The van der Waals surface area contributed by atoms with Gasteiger partial charge >= 0.3 is 0 Å². The lowest BCUT2D eigenvalue weighted by Crippen LogP contribution is -2.18. The van der Waals surface area contributed by atoms with E-state index in [2.05, 4.69) is 10.3 Å². The standard InChI is InChI=1S/C32H39F3N4O2/c1-5-8-26(40-20-23-10-12-25(13-11-23)31-38-28(19-39(31)4)32(3,34)35)16-18-36-22(2)29-27(41-21-33)9-6-7-17-37-30(29)24-14-15-24/h8-13,16,18-19,24,36H,5-7,14-15,17,20-21H2,1-4H3/b18-16-,26-8-,27-9-,29-22-,37-30?. The van der Waals surface area contributed by atoms with E-state index in [1.807, 2.05) is 62.5 Å². The lowest BCUT2D eigenvalue weighted by Gasteiger charge is -2.19. The molecule has 9 heteroatoms. The number of hydrogen-bond acceptors (Lipinski definition) is 5. The van der Waals surface area contributed by atoms with Gasteiger partial charge in [-0.2, -0.15) is 8.78 Å². The maximum absolute atomic E-state index is 13.7. The van der Waals surface area contributed by atoms with Gasteiger partial charge in [0, 0.05) is 50.1 Å². The molecule has 6 nitrogen and oxygen atoms in total. The molecule has 0 unspecified atom stereocenters. The number of ether oxygens (including phenoxy) is 2. The van der Waals surface area contributed by atoms with Crippen LogP contribution in [0.3, 0.4) is 0 Å². The SMILES string of the molecule is CC/C=C(/C=C\N/C(C)=C1C(C2CC2)=NCCC\C=C\1OCF)OCc1ccc(-c2nc(C(C)(F)F)cn2C)cc1. The molecule has 2 aliphatic rings. The zero-order valence-electron chi connectivity index (χ0n) is 24.2. The number of allylic oxidation sites excluding steroid dienone is 5. The van der Waals surface area contributed by atoms with Gasteiger partial charge in [-0.15, -0.1) is 0 Å². The van der Waals surface area contributed by atoms with E-state index in [4.69, 9.17) is 14.5 Å². The minimum Gasteiger partial charge on any atom is -0.489 e. The van der Waals surface area contributed by atoms with Gasteiger partial charge in [0.05, 0.1) is 11.3 Å². The Kier molecular flexibility index (Phi) is 10.1. The summed E-state index contributed by atoms with van der Waals surface area (Å²) in [6, 6.07) is 7.51. The second-order valence-electron chi connectivity index (χ2n) is 10.4. The van der Waals surface area contributed by atoms with E-state index in [9.17, 15) is 13.2 Å². The molecule has 1 aliphatic heterocycles. The van der Waals surface area contributed by atoms with Gasteiger partial charge in [-0.25, -0.2) is 9.37 Å². The van der Waals surface area contributed by atoms with Gasteiger partial charge in [0.1, 0.15) is 29.6 Å².